The largest absolute Gasteiger partial charge is 0.383 e. The second kappa shape index (κ2) is 7.43. The highest BCUT2D eigenvalue weighted by Gasteiger charge is 2.45. The molecule has 0 aliphatic carbocycles. The van der Waals surface area contributed by atoms with Gasteiger partial charge < -0.3 is 14.4 Å². The number of carbonyl (C=O) groups is 1. The molecule has 1 atom stereocenters. The Morgan fingerprint density at radius 2 is 2.09 bits per heavy atom. The number of rotatable bonds is 5. The van der Waals surface area contributed by atoms with Crippen LogP contribution < -0.4 is 0 Å². The number of benzene rings is 1. The number of hydrogen-bond donors (Lipinski definition) is 0. The highest BCUT2D eigenvalue weighted by atomic mass is 16.5. The van der Waals surface area contributed by atoms with Gasteiger partial charge >= 0.3 is 0 Å². The Bertz CT molecular complexity index is 522. The van der Waals surface area contributed by atoms with Gasteiger partial charge in [0.1, 0.15) is 0 Å². The normalized spacial score (nSPS) is 26.0. The Hall–Kier alpha value is -1.43. The zero-order valence-corrected chi connectivity index (χ0v) is 13.9. The van der Waals surface area contributed by atoms with Crippen molar-refractivity contribution in [1.29, 1.82) is 0 Å². The molecular weight excluding hydrogens is 292 g/mol. The molecule has 2 fully saturated rings. The van der Waals surface area contributed by atoms with Gasteiger partial charge in [-0.15, -0.1) is 0 Å². The van der Waals surface area contributed by atoms with Crippen molar-refractivity contribution in [3.8, 4) is 0 Å². The van der Waals surface area contributed by atoms with E-state index in [1.54, 1.807) is 7.11 Å². The summed E-state index contributed by atoms with van der Waals surface area (Å²) in [6.07, 6.45) is 0.587. The number of hydrogen-bond acceptors (Lipinski definition) is 4. The van der Waals surface area contributed by atoms with Gasteiger partial charge in [0.05, 0.1) is 19.8 Å². The molecule has 126 valence electrons. The maximum atomic E-state index is 12.5. The molecule has 0 N–H and O–H groups in total. The first-order valence-electron chi connectivity index (χ1n) is 8.32. The first-order valence-corrected chi connectivity index (χ1v) is 8.32. The van der Waals surface area contributed by atoms with E-state index in [0.717, 1.165) is 39.4 Å². The number of nitrogens with zero attached hydrogens (tertiary/aromatic N) is 2. The van der Waals surface area contributed by atoms with Crippen molar-refractivity contribution in [1.82, 2.24) is 9.80 Å². The second-order valence-electron chi connectivity index (χ2n) is 6.73. The maximum absolute atomic E-state index is 12.5. The summed E-state index contributed by atoms with van der Waals surface area (Å²) in [5.41, 5.74) is 1.11. The zero-order chi connectivity index (χ0) is 16.1. The molecule has 0 bridgehead atoms. The molecule has 5 nitrogen and oxygen atoms in total. The van der Waals surface area contributed by atoms with Gasteiger partial charge in [-0.05, 0) is 5.56 Å². The minimum absolute atomic E-state index is 0.0733. The molecule has 1 aromatic rings. The fourth-order valence-corrected chi connectivity index (χ4v) is 3.62. The third kappa shape index (κ3) is 4.10. The number of methoxy groups -OCH3 is 1. The van der Waals surface area contributed by atoms with E-state index in [-0.39, 0.29) is 11.3 Å². The lowest BCUT2D eigenvalue weighted by Gasteiger charge is -2.31. The van der Waals surface area contributed by atoms with Crippen molar-refractivity contribution in [2.45, 2.75) is 13.0 Å². The molecule has 0 unspecified atom stereocenters. The molecule has 1 aromatic carbocycles. The van der Waals surface area contributed by atoms with E-state index in [9.17, 15) is 4.79 Å². The third-order valence-corrected chi connectivity index (χ3v) is 4.75. The van der Waals surface area contributed by atoms with E-state index in [0.29, 0.717) is 19.6 Å². The van der Waals surface area contributed by atoms with Crippen molar-refractivity contribution >= 4 is 5.91 Å². The monoisotopic (exact) mass is 318 g/mol. The Morgan fingerprint density at radius 1 is 1.26 bits per heavy atom. The van der Waals surface area contributed by atoms with Gasteiger partial charge in [-0.1, -0.05) is 30.3 Å². The van der Waals surface area contributed by atoms with Crippen LogP contribution in [-0.2, 0) is 20.8 Å². The first-order chi connectivity index (χ1) is 11.2. The van der Waals surface area contributed by atoms with E-state index in [2.05, 4.69) is 17.0 Å². The van der Waals surface area contributed by atoms with Gasteiger partial charge in [-0.2, -0.15) is 0 Å². The Kier molecular flexibility index (Phi) is 5.30. The number of ether oxygens (including phenoxy) is 2. The Morgan fingerprint density at radius 3 is 2.87 bits per heavy atom. The van der Waals surface area contributed by atoms with Crippen LogP contribution in [0.25, 0.3) is 0 Å². The van der Waals surface area contributed by atoms with E-state index in [1.807, 2.05) is 23.1 Å². The predicted molar refractivity (Wildman–Crippen MR) is 88.0 cm³/mol. The average molecular weight is 318 g/mol. The topological polar surface area (TPSA) is 42.0 Å². The highest BCUT2D eigenvalue weighted by Crippen LogP contribution is 2.35. The van der Waals surface area contributed by atoms with E-state index >= 15 is 0 Å². The Labute approximate surface area is 138 Å². The number of likely N-dealkylation sites (tertiary alicyclic amines) is 1. The number of carbonyl (C=O) groups excluding carboxylic acids is 1. The molecule has 3 rings (SSSR count). The summed E-state index contributed by atoms with van der Waals surface area (Å²) in [5.74, 6) is 0.242. The molecule has 2 aliphatic rings. The van der Waals surface area contributed by atoms with Crippen LogP contribution in [0.15, 0.2) is 30.3 Å². The molecule has 2 heterocycles. The van der Waals surface area contributed by atoms with Crippen LogP contribution in [0, 0.1) is 5.41 Å². The molecule has 1 spiro atoms. The van der Waals surface area contributed by atoms with Gasteiger partial charge in [0.15, 0.2) is 0 Å². The summed E-state index contributed by atoms with van der Waals surface area (Å²) in [5, 5.41) is 0. The molecule has 0 aromatic heterocycles. The fraction of sp³-hybridized carbons (Fsp3) is 0.611. The van der Waals surface area contributed by atoms with Gasteiger partial charge in [0.25, 0.3) is 0 Å². The molecular formula is C18H26N2O3. The van der Waals surface area contributed by atoms with Gasteiger partial charge in [0.2, 0.25) is 5.91 Å². The predicted octanol–water partition coefficient (Wildman–Crippen LogP) is 1.38. The zero-order valence-electron chi connectivity index (χ0n) is 13.9. The summed E-state index contributed by atoms with van der Waals surface area (Å²) in [4.78, 5) is 16.9. The lowest BCUT2D eigenvalue weighted by Crippen LogP contribution is -2.41. The van der Waals surface area contributed by atoms with E-state index in [1.165, 1.54) is 5.56 Å². The first kappa shape index (κ1) is 16.4. The van der Waals surface area contributed by atoms with Crippen LogP contribution in [0.3, 0.4) is 0 Å². The maximum Gasteiger partial charge on any atom is 0.223 e. The van der Waals surface area contributed by atoms with Crippen molar-refractivity contribution in [3.63, 3.8) is 0 Å². The lowest BCUT2D eigenvalue weighted by atomic mass is 9.87. The quantitative estimate of drug-likeness (QED) is 0.823. The summed E-state index contributed by atoms with van der Waals surface area (Å²) < 4.78 is 11.0. The van der Waals surface area contributed by atoms with Crippen LogP contribution >= 0.6 is 0 Å². The van der Waals surface area contributed by atoms with Crippen LogP contribution in [-0.4, -0.2) is 68.8 Å². The van der Waals surface area contributed by atoms with Crippen molar-refractivity contribution in [2.75, 3.05) is 53.1 Å². The Balaban J connectivity index is 1.66. The summed E-state index contributed by atoms with van der Waals surface area (Å²) >= 11 is 0. The standard InChI is InChI=1S/C18H26N2O3/c1-22-9-7-19-8-10-23-15-18(13-19)11-17(21)20(14-18)12-16-5-3-2-4-6-16/h2-6H,7-15H2,1H3/t18-/m1/s1. The van der Waals surface area contributed by atoms with Crippen LogP contribution in [0.2, 0.25) is 0 Å². The SMILES string of the molecule is COCCN1CCOC[C@]2(CC(=O)N(Cc3ccccc3)C2)C1. The molecule has 2 aliphatic heterocycles. The van der Waals surface area contributed by atoms with Crippen LogP contribution in [0.5, 0.6) is 0 Å². The molecule has 2 saturated heterocycles. The van der Waals surface area contributed by atoms with Gasteiger partial charge in [-0.3, -0.25) is 9.69 Å². The van der Waals surface area contributed by atoms with Gasteiger partial charge in [-0.25, -0.2) is 0 Å². The molecule has 5 heteroatoms. The van der Waals surface area contributed by atoms with Crippen molar-refractivity contribution in [3.05, 3.63) is 35.9 Å². The molecule has 23 heavy (non-hydrogen) atoms. The summed E-state index contributed by atoms with van der Waals surface area (Å²) in [6.45, 7) is 6.33. The fourth-order valence-electron chi connectivity index (χ4n) is 3.62. The average Bonchev–Trinajstić information content (AvgIpc) is 2.73. The second-order valence-corrected chi connectivity index (χ2v) is 6.73. The van der Waals surface area contributed by atoms with Crippen LogP contribution in [0.4, 0.5) is 0 Å². The molecule has 1 amide bonds. The van der Waals surface area contributed by atoms with Crippen LogP contribution in [0.1, 0.15) is 12.0 Å². The highest BCUT2D eigenvalue weighted by molar-refractivity contribution is 5.79. The van der Waals surface area contributed by atoms with E-state index < -0.39 is 0 Å². The summed E-state index contributed by atoms with van der Waals surface area (Å²) in [7, 11) is 1.73. The number of amides is 1. The summed E-state index contributed by atoms with van der Waals surface area (Å²) in [6, 6.07) is 10.2. The molecule has 0 radical (unpaired) electrons. The van der Waals surface area contributed by atoms with Crippen molar-refractivity contribution < 1.29 is 14.3 Å². The molecule has 0 saturated carbocycles. The minimum atomic E-state index is -0.0733. The van der Waals surface area contributed by atoms with Gasteiger partial charge in [0, 0.05) is 51.7 Å². The third-order valence-electron chi connectivity index (χ3n) is 4.75. The van der Waals surface area contributed by atoms with E-state index in [4.69, 9.17) is 9.47 Å². The minimum Gasteiger partial charge on any atom is -0.383 e. The lowest BCUT2D eigenvalue weighted by molar-refractivity contribution is -0.128. The smallest absolute Gasteiger partial charge is 0.223 e. The van der Waals surface area contributed by atoms with Crippen molar-refractivity contribution in [2.24, 2.45) is 5.41 Å².